The van der Waals surface area contributed by atoms with Gasteiger partial charge in [0.1, 0.15) is 12.5 Å². The smallest absolute Gasteiger partial charge is 0.338 e. The first-order valence-corrected chi connectivity index (χ1v) is 14.3. The molecule has 226 valence electrons. The third kappa shape index (κ3) is 7.36. The van der Waals surface area contributed by atoms with E-state index in [0.717, 1.165) is 0 Å². The highest BCUT2D eigenvalue weighted by Crippen LogP contribution is 2.29. The highest BCUT2D eigenvalue weighted by molar-refractivity contribution is 5.91. The summed E-state index contributed by atoms with van der Waals surface area (Å²) < 4.78 is 47.1. The van der Waals surface area contributed by atoms with Crippen molar-refractivity contribution in [1.82, 2.24) is 4.90 Å². The maximum Gasteiger partial charge on any atom is 0.338 e. The van der Waals surface area contributed by atoms with Crippen molar-refractivity contribution in [2.45, 2.75) is 30.8 Å². The van der Waals surface area contributed by atoms with E-state index in [1.54, 1.807) is 114 Å². The predicted octanol–water partition coefficient (Wildman–Crippen LogP) is 5.70. The molecule has 4 aromatic rings. The van der Waals surface area contributed by atoms with Crippen LogP contribution in [0.1, 0.15) is 36.6 Å². The van der Waals surface area contributed by atoms with Gasteiger partial charge in [0.2, 0.25) is 0 Å². The second kappa shape index (κ2) is 14.5. The number of piperidine rings is 1. The monoisotopic (exact) mass is 599 g/mol. The third-order valence-corrected chi connectivity index (χ3v) is 7.51. The lowest BCUT2D eigenvalue weighted by molar-refractivity contribution is -0.149. The maximum absolute atomic E-state index is 15.0. The summed E-state index contributed by atoms with van der Waals surface area (Å²) in [5.41, 5.74) is 1.09. The SMILES string of the molecule is O=C(O[C@H]1[C@H](OC(=O)c2ccccc2)[C@H](CF)N(CCc2ccccc2F)C[C@@H]1OC(=O)c1ccccc1)c1ccccc1. The average Bonchev–Trinajstić information content (AvgIpc) is 3.06. The molecular formula is C35H31F2NO6. The van der Waals surface area contributed by atoms with Crippen molar-refractivity contribution in [2.75, 3.05) is 19.8 Å². The van der Waals surface area contributed by atoms with E-state index >= 15 is 0 Å². The number of carbonyl (C=O) groups excluding carboxylic acids is 3. The standard InChI is InChI=1S/C35H31F2NO6/c36-22-29-31(43-34(40)26-15-6-2-7-16-26)32(44-35(41)27-17-8-3-9-18-27)30(42-33(39)25-13-4-1-5-14-25)23-38(29)21-20-24-12-10-11-19-28(24)37/h1-19,29-32H,20-23H2/t29-,30-,31+,32+/m0/s1. The normalized spacial score (nSPS) is 20.0. The lowest BCUT2D eigenvalue weighted by Gasteiger charge is -2.46. The van der Waals surface area contributed by atoms with Crippen molar-refractivity contribution in [1.29, 1.82) is 0 Å². The Labute approximate surface area is 254 Å². The lowest BCUT2D eigenvalue weighted by atomic mass is 9.92. The van der Waals surface area contributed by atoms with Gasteiger partial charge in [-0.1, -0.05) is 72.8 Å². The summed E-state index contributed by atoms with van der Waals surface area (Å²) in [6.07, 6.45) is -3.68. The predicted molar refractivity (Wildman–Crippen MR) is 158 cm³/mol. The van der Waals surface area contributed by atoms with Gasteiger partial charge in [0.25, 0.3) is 0 Å². The number of carbonyl (C=O) groups is 3. The molecule has 1 fully saturated rings. The van der Waals surface area contributed by atoms with Gasteiger partial charge in [-0.05, 0) is 54.4 Å². The molecule has 0 bridgehead atoms. The zero-order valence-corrected chi connectivity index (χ0v) is 23.8. The molecule has 0 saturated carbocycles. The van der Waals surface area contributed by atoms with Crippen molar-refractivity contribution >= 4 is 17.9 Å². The number of likely N-dealkylation sites (tertiary alicyclic amines) is 1. The molecular weight excluding hydrogens is 568 g/mol. The van der Waals surface area contributed by atoms with Crippen LogP contribution < -0.4 is 0 Å². The topological polar surface area (TPSA) is 82.1 Å². The Morgan fingerprint density at radius 2 is 1.09 bits per heavy atom. The number of benzene rings is 4. The molecule has 1 saturated heterocycles. The van der Waals surface area contributed by atoms with E-state index in [0.29, 0.717) is 5.56 Å². The quantitative estimate of drug-likeness (QED) is 0.171. The molecule has 9 heteroatoms. The second-order valence-corrected chi connectivity index (χ2v) is 10.3. The lowest BCUT2D eigenvalue weighted by Crippen LogP contribution is -2.65. The summed E-state index contributed by atoms with van der Waals surface area (Å²) >= 11 is 0. The van der Waals surface area contributed by atoms with Crippen molar-refractivity contribution in [3.8, 4) is 0 Å². The average molecular weight is 600 g/mol. The fourth-order valence-corrected chi connectivity index (χ4v) is 5.22. The molecule has 4 aromatic carbocycles. The van der Waals surface area contributed by atoms with Crippen LogP contribution in [0.25, 0.3) is 0 Å². The number of nitrogens with zero attached hydrogens (tertiary/aromatic N) is 1. The van der Waals surface area contributed by atoms with Crippen LogP contribution in [-0.4, -0.2) is 66.9 Å². The number of esters is 3. The molecule has 0 radical (unpaired) electrons. The van der Waals surface area contributed by atoms with Crippen molar-refractivity contribution < 1.29 is 37.4 Å². The Bertz CT molecular complexity index is 1550. The summed E-state index contributed by atoms with van der Waals surface area (Å²) in [6, 6.07) is 29.7. The molecule has 0 N–H and O–H groups in total. The summed E-state index contributed by atoms with van der Waals surface area (Å²) in [5.74, 6) is -2.62. The van der Waals surface area contributed by atoms with E-state index in [1.807, 2.05) is 0 Å². The van der Waals surface area contributed by atoms with Crippen LogP contribution in [0, 0.1) is 5.82 Å². The van der Waals surface area contributed by atoms with Gasteiger partial charge in [0, 0.05) is 13.1 Å². The zero-order valence-electron chi connectivity index (χ0n) is 23.8. The maximum atomic E-state index is 15.0. The summed E-state index contributed by atoms with van der Waals surface area (Å²) in [4.78, 5) is 41.5. The Morgan fingerprint density at radius 1 is 0.636 bits per heavy atom. The molecule has 44 heavy (non-hydrogen) atoms. The van der Waals surface area contributed by atoms with E-state index in [9.17, 15) is 23.2 Å². The van der Waals surface area contributed by atoms with Crippen LogP contribution in [-0.2, 0) is 20.6 Å². The number of hydrogen-bond acceptors (Lipinski definition) is 7. The molecule has 7 nitrogen and oxygen atoms in total. The number of ether oxygens (including phenoxy) is 3. The van der Waals surface area contributed by atoms with Crippen molar-refractivity contribution in [3.63, 3.8) is 0 Å². The first-order chi connectivity index (χ1) is 21.4. The Morgan fingerprint density at radius 3 is 1.59 bits per heavy atom. The minimum Gasteiger partial charge on any atom is -0.453 e. The number of hydrogen-bond donors (Lipinski definition) is 0. The molecule has 0 amide bonds. The minimum absolute atomic E-state index is 0.0618. The van der Waals surface area contributed by atoms with Gasteiger partial charge in [0.15, 0.2) is 18.3 Å². The summed E-state index contributed by atoms with van der Waals surface area (Å²) in [6.45, 7) is -0.899. The van der Waals surface area contributed by atoms with Crippen LogP contribution in [0.3, 0.4) is 0 Å². The molecule has 5 rings (SSSR count). The summed E-state index contributed by atoms with van der Waals surface area (Å²) in [5, 5.41) is 0. The van der Waals surface area contributed by atoms with E-state index in [2.05, 4.69) is 0 Å². The fourth-order valence-electron chi connectivity index (χ4n) is 5.22. The molecule has 0 aromatic heterocycles. The van der Waals surface area contributed by atoms with Gasteiger partial charge in [-0.2, -0.15) is 0 Å². The van der Waals surface area contributed by atoms with Crippen LogP contribution >= 0.6 is 0 Å². The van der Waals surface area contributed by atoms with Crippen molar-refractivity contribution in [2.24, 2.45) is 0 Å². The Hall–Kier alpha value is -4.89. The fraction of sp³-hybridized carbons (Fsp3) is 0.229. The number of alkyl halides is 1. The first kappa shape index (κ1) is 30.6. The van der Waals surface area contributed by atoms with Crippen LogP contribution in [0.15, 0.2) is 115 Å². The Balaban J connectivity index is 1.50. The van der Waals surface area contributed by atoms with Gasteiger partial charge < -0.3 is 14.2 Å². The van der Waals surface area contributed by atoms with E-state index < -0.39 is 54.8 Å². The molecule has 0 unspecified atom stereocenters. The highest BCUT2D eigenvalue weighted by atomic mass is 19.1. The third-order valence-electron chi connectivity index (χ3n) is 7.51. The zero-order chi connectivity index (χ0) is 30.9. The van der Waals surface area contributed by atoms with E-state index in [-0.39, 0.29) is 36.2 Å². The van der Waals surface area contributed by atoms with Crippen LogP contribution in [0.2, 0.25) is 0 Å². The molecule has 0 aliphatic carbocycles. The second-order valence-electron chi connectivity index (χ2n) is 10.3. The molecule has 4 atom stereocenters. The van der Waals surface area contributed by atoms with Crippen molar-refractivity contribution in [3.05, 3.63) is 143 Å². The molecule has 0 spiro atoms. The Kier molecular flexibility index (Phi) is 10.1. The van der Waals surface area contributed by atoms with Gasteiger partial charge in [-0.3, -0.25) is 4.90 Å². The summed E-state index contributed by atoms with van der Waals surface area (Å²) in [7, 11) is 0. The highest BCUT2D eigenvalue weighted by Gasteiger charge is 2.50. The van der Waals surface area contributed by atoms with E-state index in [4.69, 9.17) is 14.2 Å². The first-order valence-electron chi connectivity index (χ1n) is 14.3. The van der Waals surface area contributed by atoms with Gasteiger partial charge in [-0.25, -0.2) is 23.2 Å². The number of halogens is 2. The van der Waals surface area contributed by atoms with Gasteiger partial charge in [-0.15, -0.1) is 0 Å². The van der Waals surface area contributed by atoms with Gasteiger partial charge in [0.05, 0.1) is 22.7 Å². The molecule has 1 heterocycles. The molecule has 1 aliphatic rings. The van der Waals surface area contributed by atoms with E-state index in [1.165, 1.54) is 6.07 Å². The van der Waals surface area contributed by atoms with Crippen LogP contribution in [0.4, 0.5) is 8.78 Å². The minimum atomic E-state index is -1.37. The molecule has 1 aliphatic heterocycles. The van der Waals surface area contributed by atoms with Crippen LogP contribution in [0.5, 0.6) is 0 Å². The largest absolute Gasteiger partial charge is 0.453 e. The number of rotatable bonds is 10. The van der Waals surface area contributed by atoms with Gasteiger partial charge >= 0.3 is 17.9 Å².